The first-order valence-electron chi connectivity index (χ1n) is 11.9. The average Bonchev–Trinajstić information content (AvgIpc) is 2.68. The number of nitrogens with zero attached hydrogens (tertiary/aromatic N) is 1. The number of carbonyl (C=O) groups is 4. The molecular weight excluding hydrogens is 460 g/mol. The number of rotatable bonds is 4. The van der Waals surface area contributed by atoms with Gasteiger partial charge in [0.25, 0.3) is 0 Å². The van der Waals surface area contributed by atoms with E-state index in [2.05, 4.69) is 10.3 Å². The number of aliphatic imine (C=N–C) groups is 1. The normalized spacial score (nSPS) is 22.8. The Labute approximate surface area is 206 Å². The highest BCUT2D eigenvalue weighted by molar-refractivity contribution is 6.00. The van der Waals surface area contributed by atoms with Crippen LogP contribution in [0.2, 0.25) is 0 Å². The van der Waals surface area contributed by atoms with Crippen LogP contribution in [-0.2, 0) is 28.5 Å². The molecule has 1 heterocycles. The third-order valence-electron chi connectivity index (χ3n) is 5.32. The molecule has 0 aromatic heterocycles. The smallest absolute Gasteiger partial charge is 0.462 e. The van der Waals surface area contributed by atoms with Crippen LogP contribution in [0.15, 0.2) is 4.99 Å². The number of carbonyl (C=O) groups excluding carboxylic acids is 4. The zero-order valence-electron chi connectivity index (χ0n) is 21.7. The summed E-state index contributed by atoms with van der Waals surface area (Å²) in [6.07, 6.45) is 0.380. The number of amidine groups is 1. The molecule has 0 aromatic carbocycles. The molecule has 1 N–H and O–H groups in total. The van der Waals surface area contributed by atoms with Gasteiger partial charge in [0, 0.05) is 6.42 Å². The fraction of sp³-hybridized carbons (Fsp3) is 0.792. The summed E-state index contributed by atoms with van der Waals surface area (Å²) in [5.74, 6) is -0.189. The van der Waals surface area contributed by atoms with Crippen LogP contribution in [0, 0.1) is 11.3 Å². The van der Waals surface area contributed by atoms with Gasteiger partial charge in [0.2, 0.25) is 0 Å². The van der Waals surface area contributed by atoms with Crippen molar-refractivity contribution >= 4 is 30.1 Å². The molecule has 0 bridgehead atoms. The summed E-state index contributed by atoms with van der Waals surface area (Å²) in [6, 6.07) is 0. The molecule has 35 heavy (non-hydrogen) atoms. The second kappa shape index (κ2) is 11.3. The van der Waals surface area contributed by atoms with Gasteiger partial charge in [0.05, 0.1) is 0 Å². The van der Waals surface area contributed by atoms with Gasteiger partial charge in [-0.2, -0.15) is 4.99 Å². The zero-order chi connectivity index (χ0) is 26.4. The molecule has 1 aliphatic heterocycles. The topological polar surface area (TPSA) is 139 Å². The largest absolute Gasteiger partial charge is 0.508 e. The van der Waals surface area contributed by atoms with Crippen molar-refractivity contribution in [3.05, 3.63) is 0 Å². The van der Waals surface area contributed by atoms with E-state index < -0.39 is 40.9 Å². The Kier molecular flexibility index (Phi) is 9.13. The summed E-state index contributed by atoms with van der Waals surface area (Å²) in [6.45, 7) is 11.9. The predicted octanol–water partition coefficient (Wildman–Crippen LogP) is 4.51. The summed E-state index contributed by atoms with van der Waals surface area (Å²) in [7, 11) is 0. The number of alkyl carbamates (subject to hydrolysis) is 1. The molecular formula is C24H38N2O9. The molecule has 0 radical (unpaired) electrons. The van der Waals surface area contributed by atoms with Crippen LogP contribution in [0.3, 0.4) is 0 Å². The Morgan fingerprint density at radius 2 is 1.51 bits per heavy atom. The van der Waals surface area contributed by atoms with Gasteiger partial charge < -0.3 is 23.7 Å². The quantitative estimate of drug-likeness (QED) is 0.257. The minimum atomic E-state index is -1.03. The Morgan fingerprint density at radius 3 is 2.03 bits per heavy atom. The van der Waals surface area contributed by atoms with Crippen LogP contribution in [0.25, 0.3) is 0 Å². The maximum absolute atomic E-state index is 12.6. The fourth-order valence-electron chi connectivity index (χ4n) is 3.60. The van der Waals surface area contributed by atoms with E-state index in [1.165, 1.54) is 0 Å². The van der Waals surface area contributed by atoms with Gasteiger partial charge in [-0.3, -0.25) is 10.1 Å². The summed E-state index contributed by atoms with van der Waals surface area (Å²) in [5.41, 5.74) is -2.46. The lowest BCUT2D eigenvalue weighted by atomic mass is 9.84. The first-order chi connectivity index (χ1) is 16.0. The number of nitrogens with one attached hydrogen (secondary N) is 1. The first-order valence-corrected chi connectivity index (χ1v) is 11.9. The van der Waals surface area contributed by atoms with Crippen molar-refractivity contribution < 1.29 is 42.9 Å². The van der Waals surface area contributed by atoms with Crippen LogP contribution in [0.5, 0.6) is 0 Å². The highest BCUT2D eigenvalue weighted by Crippen LogP contribution is 2.32. The SMILES string of the molecule is CC(C)(C)OC(=O)N=C(CC1CCC(OC(=O)C2(C)COC(=O)OC2)CC1)NC(=O)OC(C)(C)C. The van der Waals surface area contributed by atoms with E-state index in [0.29, 0.717) is 32.1 Å². The maximum atomic E-state index is 12.6. The van der Waals surface area contributed by atoms with E-state index in [4.69, 9.17) is 23.7 Å². The van der Waals surface area contributed by atoms with E-state index in [0.717, 1.165) is 0 Å². The van der Waals surface area contributed by atoms with E-state index in [-0.39, 0.29) is 31.1 Å². The van der Waals surface area contributed by atoms with E-state index in [9.17, 15) is 19.2 Å². The Hall–Kier alpha value is -2.85. The molecule has 0 atom stereocenters. The monoisotopic (exact) mass is 498 g/mol. The lowest BCUT2D eigenvalue weighted by Crippen LogP contribution is -2.45. The van der Waals surface area contributed by atoms with E-state index in [1.807, 2.05) is 0 Å². The van der Waals surface area contributed by atoms with Crippen molar-refractivity contribution in [1.82, 2.24) is 5.32 Å². The van der Waals surface area contributed by atoms with E-state index in [1.54, 1.807) is 48.5 Å². The molecule has 2 amide bonds. The van der Waals surface area contributed by atoms with Crippen molar-refractivity contribution in [2.75, 3.05) is 13.2 Å². The zero-order valence-corrected chi connectivity index (χ0v) is 21.7. The molecule has 0 spiro atoms. The number of ether oxygens (including phenoxy) is 5. The number of cyclic esters (lactones) is 2. The third kappa shape index (κ3) is 10.1. The van der Waals surface area contributed by atoms with Gasteiger partial charge in [0.15, 0.2) is 0 Å². The van der Waals surface area contributed by atoms with Gasteiger partial charge in [-0.05, 0) is 80.1 Å². The predicted molar refractivity (Wildman–Crippen MR) is 125 cm³/mol. The van der Waals surface area contributed by atoms with Crippen molar-refractivity contribution in [3.63, 3.8) is 0 Å². The summed E-state index contributed by atoms with van der Waals surface area (Å²) in [5, 5.41) is 2.58. The molecule has 2 fully saturated rings. The number of esters is 1. The van der Waals surface area contributed by atoms with Gasteiger partial charge in [-0.25, -0.2) is 14.4 Å². The molecule has 0 aromatic rings. The first kappa shape index (κ1) is 28.4. The maximum Gasteiger partial charge on any atom is 0.508 e. The van der Waals surface area contributed by atoms with Gasteiger partial charge >= 0.3 is 24.3 Å². The Morgan fingerprint density at radius 1 is 0.971 bits per heavy atom. The third-order valence-corrected chi connectivity index (χ3v) is 5.32. The van der Waals surface area contributed by atoms with Crippen LogP contribution >= 0.6 is 0 Å². The summed E-state index contributed by atoms with van der Waals surface area (Å²) < 4.78 is 25.9. The molecule has 1 aliphatic carbocycles. The number of hydrogen-bond acceptors (Lipinski definition) is 9. The van der Waals surface area contributed by atoms with Crippen molar-refractivity contribution in [1.29, 1.82) is 0 Å². The van der Waals surface area contributed by atoms with E-state index >= 15 is 0 Å². The van der Waals surface area contributed by atoms with Crippen molar-refractivity contribution in [2.45, 2.75) is 97.9 Å². The lowest BCUT2D eigenvalue weighted by molar-refractivity contribution is -0.173. The van der Waals surface area contributed by atoms with Crippen LogP contribution in [-0.4, -0.2) is 60.7 Å². The Balaban J connectivity index is 1.94. The molecule has 11 heteroatoms. The molecule has 0 unspecified atom stereocenters. The van der Waals surface area contributed by atoms with Gasteiger partial charge in [0.1, 0.15) is 41.8 Å². The summed E-state index contributed by atoms with van der Waals surface area (Å²) in [4.78, 5) is 52.2. The average molecular weight is 499 g/mol. The minimum absolute atomic E-state index is 0.0825. The Bertz CT molecular complexity index is 821. The molecule has 2 aliphatic rings. The molecule has 1 saturated carbocycles. The highest BCUT2D eigenvalue weighted by Gasteiger charge is 2.43. The second-order valence-corrected chi connectivity index (χ2v) is 11.3. The second-order valence-electron chi connectivity index (χ2n) is 11.3. The molecule has 2 rings (SSSR count). The standard InChI is InChI=1S/C24H38N2O9/c1-22(2,3)34-19(28)25-17(26-20(29)35-23(4,5)6)12-15-8-10-16(11-9-15)33-18(27)24(7)13-31-21(30)32-14-24/h15-16H,8-14H2,1-7H3,(H,25,26,28,29). The fourth-order valence-corrected chi connectivity index (χ4v) is 3.60. The van der Waals surface area contributed by atoms with Crippen molar-refractivity contribution in [3.8, 4) is 0 Å². The number of amides is 2. The van der Waals surface area contributed by atoms with Crippen LogP contribution in [0.4, 0.5) is 14.4 Å². The van der Waals surface area contributed by atoms with Crippen LogP contribution < -0.4 is 5.32 Å². The van der Waals surface area contributed by atoms with Crippen LogP contribution in [0.1, 0.15) is 80.6 Å². The highest BCUT2D eigenvalue weighted by atomic mass is 16.7. The molecule has 11 nitrogen and oxygen atoms in total. The molecule has 198 valence electrons. The minimum Gasteiger partial charge on any atom is -0.462 e. The molecule has 1 saturated heterocycles. The number of hydrogen-bond donors (Lipinski definition) is 1. The van der Waals surface area contributed by atoms with Crippen molar-refractivity contribution in [2.24, 2.45) is 16.3 Å². The summed E-state index contributed by atoms with van der Waals surface area (Å²) >= 11 is 0. The van der Waals surface area contributed by atoms with Gasteiger partial charge in [-0.15, -0.1) is 0 Å². The van der Waals surface area contributed by atoms with Gasteiger partial charge in [-0.1, -0.05) is 0 Å². The lowest BCUT2D eigenvalue weighted by Gasteiger charge is -2.34.